The van der Waals surface area contributed by atoms with Gasteiger partial charge in [-0.15, -0.1) is 0 Å². The zero-order valence-electron chi connectivity index (χ0n) is 18.6. The van der Waals surface area contributed by atoms with Crippen molar-refractivity contribution in [2.24, 2.45) is 4.99 Å². The second kappa shape index (κ2) is 10.6. The monoisotopic (exact) mass is 517 g/mol. The maximum absolute atomic E-state index is 13.4. The maximum Gasteiger partial charge on any atom is 0.416 e. The van der Waals surface area contributed by atoms with E-state index < -0.39 is 35.6 Å². The minimum atomic E-state index is -4.98. The number of ether oxygens (including phenoxy) is 1. The number of rotatable bonds is 7. The summed E-state index contributed by atoms with van der Waals surface area (Å²) in [5.41, 5.74) is -2.04. The smallest absolute Gasteiger partial charge is 0.416 e. The van der Waals surface area contributed by atoms with Crippen LogP contribution in [0, 0.1) is 0 Å². The van der Waals surface area contributed by atoms with Gasteiger partial charge in [0.15, 0.2) is 0 Å². The van der Waals surface area contributed by atoms with Crippen molar-refractivity contribution in [2.75, 3.05) is 18.9 Å². The van der Waals surface area contributed by atoms with Gasteiger partial charge in [-0.05, 0) is 54.1 Å². The van der Waals surface area contributed by atoms with Gasteiger partial charge in [0, 0.05) is 19.2 Å². The molecule has 2 N–H and O–H groups in total. The summed E-state index contributed by atoms with van der Waals surface area (Å²) in [5.74, 6) is 0.650. The van der Waals surface area contributed by atoms with E-state index in [1.165, 1.54) is 7.05 Å². The van der Waals surface area contributed by atoms with E-state index in [9.17, 15) is 31.1 Å². The molecule has 1 heterocycles. The molecule has 0 bridgehead atoms. The van der Waals surface area contributed by atoms with Gasteiger partial charge < -0.3 is 15.4 Å². The predicted octanol–water partition coefficient (Wildman–Crippen LogP) is 6.95. The van der Waals surface area contributed by atoms with Crippen LogP contribution in [0.15, 0.2) is 46.3 Å². The summed E-state index contributed by atoms with van der Waals surface area (Å²) in [6.07, 6.45) is -7.41. The summed E-state index contributed by atoms with van der Waals surface area (Å²) in [6, 6.07) is 6.35. The molecule has 1 saturated heterocycles. The molecule has 12 heteroatoms. The summed E-state index contributed by atoms with van der Waals surface area (Å²) in [7, 11) is 1.54. The lowest BCUT2D eigenvalue weighted by Crippen LogP contribution is -2.18. The molecule has 35 heavy (non-hydrogen) atoms. The van der Waals surface area contributed by atoms with Crippen molar-refractivity contribution in [3.8, 4) is 5.75 Å². The number of alkyl halides is 6. The number of nitrogens with zero attached hydrogens (tertiary/aromatic N) is 1. The largest absolute Gasteiger partial charge is 0.487 e. The molecule has 188 valence electrons. The molecule has 0 radical (unpaired) electrons. The van der Waals surface area contributed by atoms with Crippen LogP contribution >= 0.6 is 11.8 Å². The van der Waals surface area contributed by atoms with E-state index in [4.69, 9.17) is 4.74 Å². The van der Waals surface area contributed by atoms with Gasteiger partial charge >= 0.3 is 12.4 Å². The van der Waals surface area contributed by atoms with E-state index in [-0.39, 0.29) is 17.1 Å². The SMILES string of the molecule is CCCNc1cc(C=C2SC(=O)NC2=NC)ccc1OCc1ccc(C(F)(F)F)cc1C(F)(F)F. The zero-order valence-corrected chi connectivity index (χ0v) is 19.4. The molecule has 0 aromatic heterocycles. The fourth-order valence-electron chi connectivity index (χ4n) is 3.21. The number of halogens is 6. The Labute approximate surface area is 201 Å². The first-order valence-electron chi connectivity index (χ1n) is 10.4. The number of amidine groups is 1. The number of aliphatic imine (C=N–C) groups is 1. The van der Waals surface area contributed by atoms with Crippen LogP contribution in [-0.2, 0) is 19.0 Å². The highest BCUT2D eigenvalue weighted by Gasteiger charge is 2.38. The lowest BCUT2D eigenvalue weighted by Gasteiger charge is -2.18. The fourth-order valence-corrected chi connectivity index (χ4v) is 3.99. The Kier molecular flexibility index (Phi) is 8.04. The van der Waals surface area contributed by atoms with Gasteiger partial charge in [-0.2, -0.15) is 26.3 Å². The van der Waals surface area contributed by atoms with Crippen molar-refractivity contribution in [2.45, 2.75) is 32.3 Å². The van der Waals surface area contributed by atoms with Crippen molar-refractivity contribution >= 4 is 34.6 Å². The van der Waals surface area contributed by atoms with Crippen LogP contribution in [0.1, 0.15) is 35.6 Å². The van der Waals surface area contributed by atoms with Crippen LogP contribution in [0.5, 0.6) is 5.75 Å². The highest BCUT2D eigenvalue weighted by molar-refractivity contribution is 8.18. The number of benzene rings is 2. The first-order valence-corrected chi connectivity index (χ1v) is 11.2. The topological polar surface area (TPSA) is 62.7 Å². The lowest BCUT2D eigenvalue weighted by atomic mass is 10.0. The van der Waals surface area contributed by atoms with Gasteiger partial charge in [0.1, 0.15) is 18.2 Å². The zero-order chi connectivity index (χ0) is 25.8. The molecule has 0 unspecified atom stereocenters. The van der Waals surface area contributed by atoms with Crippen LogP contribution in [-0.4, -0.2) is 24.7 Å². The number of amides is 1. The second-order valence-corrected chi connectivity index (χ2v) is 8.45. The van der Waals surface area contributed by atoms with Gasteiger partial charge in [-0.1, -0.05) is 19.1 Å². The van der Waals surface area contributed by atoms with Crippen LogP contribution in [0.4, 0.5) is 36.8 Å². The Balaban J connectivity index is 1.89. The van der Waals surface area contributed by atoms with Gasteiger partial charge in [-0.3, -0.25) is 9.79 Å². The number of thioether (sulfide) groups is 1. The van der Waals surface area contributed by atoms with Gasteiger partial charge in [0.05, 0.1) is 21.7 Å². The van der Waals surface area contributed by atoms with E-state index >= 15 is 0 Å². The highest BCUT2D eigenvalue weighted by Crippen LogP contribution is 2.38. The first-order chi connectivity index (χ1) is 16.4. The van der Waals surface area contributed by atoms with Crippen LogP contribution < -0.4 is 15.4 Å². The predicted molar refractivity (Wildman–Crippen MR) is 123 cm³/mol. The van der Waals surface area contributed by atoms with Crippen LogP contribution in [0.3, 0.4) is 0 Å². The minimum Gasteiger partial charge on any atom is -0.487 e. The minimum absolute atomic E-state index is 0.0890. The molecule has 0 saturated carbocycles. The van der Waals surface area contributed by atoms with Crippen LogP contribution in [0.25, 0.3) is 6.08 Å². The Morgan fingerprint density at radius 1 is 1.09 bits per heavy atom. The molecule has 3 rings (SSSR count). The molecule has 2 aromatic rings. The molecule has 1 aliphatic rings. The van der Waals surface area contributed by atoms with Gasteiger partial charge in [0.2, 0.25) is 0 Å². The number of hydrogen-bond acceptors (Lipinski definition) is 5. The summed E-state index contributed by atoms with van der Waals surface area (Å²) in [4.78, 5) is 16.2. The average molecular weight is 517 g/mol. The molecule has 5 nitrogen and oxygen atoms in total. The summed E-state index contributed by atoms with van der Waals surface area (Å²) >= 11 is 0.977. The van der Waals surface area contributed by atoms with E-state index in [1.54, 1.807) is 24.3 Å². The number of carbonyl (C=O) groups excluding carboxylic acids is 1. The van der Waals surface area contributed by atoms with Crippen molar-refractivity contribution in [1.82, 2.24) is 5.32 Å². The first kappa shape index (κ1) is 26.5. The van der Waals surface area contributed by atoms with E-state index in [1.807, 2.05) is 6.92 Å². The van der Waals surface area contributed by atoms with E-state index in [2.05, 4.69) is 15.6 Å². The van der Waals surface area contributed by atoms with Crippen molar-refractivity contribution in [3.05, 3.63) is 63.6 Å². The number of carbonyl (C=O) groups is 1. The molecular weight excluding hydrogens is 496 g/mol. The van der Waals surface area contributed by atoms with E-state index in [0.29, 0.717) is 34.6 Å². The number of hydrogen-bond donors (Lipinski definition) is 2. The molecule has 0 atom stereocenters. The fraction of sp³-hybridized carbons (Fsp3) is 0.304. The molecule has 0 spiro atoms. The third kappa shape index (κ3) is 6.71. The molecule has 2 aromatic carbocycles. The lowest BCUT2D eigenvalue weighted by molar-refractivity contribution is -0.143. The molecule has 0 aliphatic carbocycles. The highest BCUT2D eigenvalue weighted by atomic mass is 32.2. The normalized spacial score (nSPS) is 16.6. The van der Waals surface area contributed by atoms with Crippen LogP contribution in [0.2, 0.25) is 0 Å². The van der Waals surface area contributed by atoms with Crippen molar-refractivity contribution in [3.63, 3.8) is 0 Å². The quantitative estimate of drug-likeness (QED) is 0.390. The Hall–Kier alpha value is -3.15. The van der Waals surface area contributed by atoms with Crippen molar-refractivity contribution in [1.29, 1.82) is 0 Å². The summed E-state index contributed by atoms with van der Waals surface area (Å²) in [6.45, 7) is 1.88. The standard InChI is InChI=1S/C23H21F6N3O2S/c1-3-8-31-17-9-13(10-19-20(30-2)32-21(33)35-19)4-7-18(17)34-12-14-5-6-15(22(24,25)26)11-16(14)23(27,28)29/h4-7,9-11,31H,3,8,12H2,1-2H3,(H,30,32,33). The van der Waals surface area contributed by atoms with Crippen molar-refractivity contribution < 1.29 is 35.9 Å². The third-order valence-corrected chi connectivity index (χ3v) is 5.69. The number of anilines is 1. The Morgan fingerprint density at radius 3 is 2.46 bits per heavy atom. The summed E-state index contributed by atoms with van der Waals surface area (Å²) in [5, 5.41) is 5.47. The maximum atomic E-state index is 13.4. The Morgan fingerprint density at radius 2 is 1.83 bits per heavy atom. The second-order valence-electron chi connectivity index (χ2n) is 7.43. The molecule has 1 fully saturated rings. The molecular formula is C23H21F6N3O2S. The molecule has 1 aliphatic heterocycles. The molecule has 1 amide bonds. The number of nitrogens with one attached hydrogen (secondary N) is 2. The van der Waals surface area contributed by atoms with Gasteiger partial charge in [-0.25, -0.2) is 0 Å². The summed E-state index contributed by atoms with van der Waals surface area (Å²) < 4.78 is 84.7. The Bertz CT molecular complexity index is 1160. The van der Waals surface area contributed by atoms with E-state index in [0.717, 1.165) is 24.2 Å². The third-order valence-electron chi connectivity index (χ3n) is 4.87. The average Bonchev–Trinajstić information content (AvgIpc) is 3.14. The van der Waals surface area contributed by atoms with Gasteiger partial charge in [0.25, 0.3) is 5.24 Å².